The quantitative estimate of drug-likeness (QED) is 0.781. The lowest BCUT2D eigenvalue weighted by molar-refractivity contribution is 0.785. The molecule has 0 atom stereocenters. The zero-order chi connectivity index (χ0) is 9.80. The predicted molar refractivity (Wildman–Crippen MR) is 54.9 cm³/mol. The van der Waals surface area contributed by atoms with Crippen LogP contribution in [0.1, 0.15) is 12.2 Å². The maximum absolute atomic E-state index is 5.41. The molecule has 6 heteroatoms. The number of aryl methyl sites for hydroxylation is 1. The molecule has 0 amide bonds. The Labute approximate surface area is 85.4 Å². The van der Waals surface area contributed by atoms with Gasteiger partial charge >= 0.3 is 0 Å². The number of nitrogens with zero attached hydrogens (tertiary/aromatic N) is 3. The van der Waals surface area contributed by atoms with Crippen LogP contribution in [-0.4, -0.2) is 26.7 Å². The monoisotopic (exact) mass is 209 g/mol. The Kier molecular flexibility index (Phi) is 2.85. The van der Waals surface area contributed by atoms with Crippen LogP contribution in [0.3, 0.4) is 0 Å². The van der Waals surface area contributed by atoms with Gasteiger partial charge in [0.15, 0.2) is 5.82 Å². The molecule has 2 heterocycles. The SMILES string of the molecule is NCCCc1nc(-c2cncs2)n[nH]1. The smallest absolute Gasteiger partial charge is 0.192 e. The van der Waals surface area contributed by atoms with Crippen LogP contribution < -0.4 is 5.73 Å². The van der Waals surface area contributed by atoms with Gasteiger partial charge in [0.05, 0.1) is 10.4 Å². The van der Waals surface area contributed by atoms with Gasteiger partial charge in [0.1, 0.15) is 5.82 Å². The Morgan fingerprint density at radius 3 is 3.14 bits per heavy atom. The Morgan fingerprint density at radius 2 is 2.43 bits per heavy atom. The lowest BCUT2D eigenvalue weighted by atomic mass is 10.3. The Hall–Kier alpha value is -1.27. The largest absolute Gasteiger partial charge is 0.330 e. The normalized spacial score (nSPS) is 10.6. The van der Waals surface area contributed by atoms with Gasteiger partial charge in [-0.25, -0.2) is 4.98 Å². The van der Waals surface area contributed by atoms with Crippen molar-refractivity contribution in [2.45, 2.75) is 12.8 Å². The molecule has 0 aliphatic carbocycles. The molecule has 2 rings (SSSR count). The van der Waals surface area contributed by atoms with E-state index < -0.39 is 0 Å². The maximum atomic E-state index is 5.41. The van der Waals surface area contributed by atoms with Crippen LogP contribution in [0.5, 0.6) is 0 Å². The van der Waals surface area contributed by atoms with E-state index in [0.29, 0.717) is 6.54 Å². The Balaban J connectivity index is 2.10. The first-order valence-electron chi connectivity index (χ1n) is 4.40. The molecule has 0 saturated carbocycles. The zero-order valence-corrected chi connectivity index (χ0v) is 8.42. The Morgan fingerprint density at radius 1 is 1.50 bits per heavy atom. The van der Waals surface area contributed by atoms with Crippen molar-refractivity contribution in [1.82, 2.24) is 20.2 Å². The molecule has 0 aromatic carbocycles. The van der Waals surface area contributed by atoms with Crippen LogP contribution in [0.25, 0.3) is 10.7 Å². The van der Waals surface area contributed by atoms with Crippen molar-refractivity contribution in [3.05, 3.63) is 17.5 Å². The number of H-pyrrole nitrogens is 1. The van der Waals surface area contributed by atoms with Gasteiger partial charge in [0.25, 0.3) is 0 Å². The molecular weight excluding hydrogens is 198 g/mol. The summed E-state index contributed by atoms with van der Waals surface area (Å²) in [6, 6.07) is 0. The average Bonchev–Trinajstić information content (AvgIpc) is 2.85. The molecule has 0 spiro atoms. The first-order valence-corrected chi connectivity index (χ1v) is 5.28. The van der Waals surface area contributed by atoms with Crippen LogP contribution in [0.15, 0.2) is 11.7 Å². The molecular formula is C8H11N5S. The fourth-order valence-corrected chi connectivity index (χ4v) is 1.67. The second kappa shape index (κ2) is 4.30. The van der Waals surface area contributed by atoms with E-state index in [1.807, 2.05) is 0 Å². The minimum Gasteiger partial charge on any atom is -0.330 e. The van der Waals surface area contributed by atoms with Gasteiger partial charge in [-0.05, 0) is 13.0 Å². The second-order valence-electron chi connectivity index (χ2n) is 2.86. The number of hydrogen-bond donors (Lipinski definition) is 2. The molecule has 2 aromatic heterocycles. The van der Waals surface area contributed by atoms with Crippen LogP contribution in [0.2, 0.25) is 0 Å². The molecule has 0 aliphatic heterocycles. The van der Waals surface area contributed by atoms with Crippen molar-refractivity contribution >= 4 is 11.3 Å². The summed E-state index contributed by atoms with van der Waals surface area (Å²) in [4.78, 5) is 9.30. The van der Waals surface area contributed by atoms with E-state index in [4.69, 9.17) is 5.73 Å². The first-order chi connectivity index (χ1) is 6.90. The zero-order valence-electron chi connectivity index (χ0n) is 7.60. The predicted octanol–water partition coefficient (Wildman–Crippen LogP) is 0.820. The topological polar surface area (TPSA) is 80.5 Å². The van der Waals surface area contributed by atoms with Gasteiger partial charge < -0.3 is 5.73 Å². The molecule has 3 N–H and O–H groups in total. The van der Waals surface area contributed by atoms with Gasteiger partial charge in [-0.3, -0.25) is 10.1 Å². The van der Waals surface area contributed by atoms with Crippen LogP contribution in [0, 0.1) is 0 Å². The Bertz CT molecular complexity index is 380. The van der Waals surface area contributed by atoms with Gasteiger partial charge in [-0.1, -0.05) is 0 Å². The lowest BCUT2D eigenvalue weighted by Gasteiger charge is -1.90. The number of rotatable bonds is 4. The fourth-order valence-electron chi connectivity index (χ4n) is 1.11. The van der Waals surface area contributed by atoms with Gasteiger partial charge in [-0.15, -0.1) is 11.3 Å². The molecule has 0 radical (unpaired) electrons. The molecule has 5 nitrogen and oxygen atoms in total. The highest BCUT2D eigenvalue weighted by atomic mass is 32.1. The van der Waals surface area contributed by atoms with E-state index in [1.165, 1.54) is 11.3 Å². The molecule has 0 saturated heterocycles. The van der Waals surface area contributed by atoms with Gasteiger partial charge in [-0.2, -0.15) is 5.10 Å². The summed E-state index contributed by atoms with van der Waals surface area (Å²) < 4.78 is 0. The number of hydrogen-bond acceptors (Lipinski definition) is 5. The van der Waals surface area contributed by atoms with E-state index in [0.717, 1.165) is 29.4 Å². The summed E-state index contributed by atoms with van der Waals surface area (Å²) in [5.41, 5.74) is 7.18. The van der Waals surface area contributed by atoms with Gasteiger partial charge in [0.2, 0.25) is 0 Å². The third kappa shape index (κ3) is 1.97. The minimum atomic E-state index is 0.677. The third-order valence-corrected chi connectivity index (χ3v) is 2.57. The van der Waals surface area contributed by atoms with E-state index in [2.05, 4.69) is 20.2 Å². The van der Waals surface area contributed by atoms with Crippen molar-refractivity contribution < 1.29 is 0 Å². The summed E-state index contributed by atoms with van der Waals surface area (Å²) in [5.74, 6) is 1.61. The van der Waals surface area contributed by atoms with Crippen molar-refractivity contribution in [2.75, 3.05) is 6.54 Å². The number of nitrogens with two attached hydrogens (primary N) is 1. The van der Waals surface area contributed by atoms with Gasteiger partial charge in [0, 0.05) is 12.6 Å². The number of nitrogens with one attached hydrogen (secondary N) is 1. The van der Waals surface area contributed by atoms with E-state index >= 15 is 0 Å². The highest BCUT2D eigenvalue weighted by Crippen LogP contribution is 2.18. The molecule has 0 unspecified atom stereocenters. The molecule has 2 aromatic rings. The minimum absolute atomic E-state index is 0.677. The number of thiazole rings is 1. The van der Waals surface area contributed by atoms with Crippen LogP contribution >= 0.6 is 11.3 Å². The molecule has 74 valence electrons. The first kappa shape index (κ1) is 9.29. The van der Waals surface area contributed by atoms with Crippen molar-refractivity contribution in [2.24, 2.45) is 5.73 Å². The highest BCUT2D eigenvalue weighted by Gasteiger charge is 2.06. The number of aromatic nitrogens is 4. The maximum Gasteiger partial charge on any atom is 0.192 e. The summed E-state index contributed by atoms with van der Waals surface area (Å²) in [5, 5.41) is 7.00. The van der Waals surface area contributed by atoms with Crippen molar-refractivity contribution in [3.63, 3.8) is 0 Å². The average molecular weight is 209 g/mol. The highest BCUT2D eigenvalue weighted by molar-refractivity contribution is 7.13. The molecule has 0 bridgehead atoms. The molecule has 0 aliphatic rings. The molecule has 14 heavy (non-hydrogen) atoms. The standard InChI is InChI=1S/C8H11N5S/c9-3-1-2-7-11-8(13-12-7)6-4-10-5-14-6/h4-5H,1-3,9H2,(H,11,12,13). The summed E-state index contributed by atoms with van der Waals surface area (Å²) in [6.07, 6.45) is 3.54. The van der Waals surface area contributed by atoms with Crippen LogP contribution in [-0.2, 0) is 6.42 Å². The fraction of sp³-hybridized carbons (Fsp3) is 0.375. The van der Waals surface area contributed by atoms with Crippen molar-refractivity contribution in [1.29, 1.82) is 0 Å². The third-order valence-electron chi connectivity index (χ3n) is 1.80. The van der Waals surface area contributed by atoms with Crippen molar-refractivity contribution in [3.8, 4) is 10.7 Å². The summed E-state index contributed by atoms with van der Waals surface area (Å²) >= 11 is 1.53. The molecule has 0 fully saturated rings. The van der Waals surface area contributed by atoms with E-state index in [-0.39, 0.29) is 0 Å². The lowest BCUT2D eigenvalue weighted by Crippen LogP contribution is -2.01. The number of aromatic amines is 1. The summed E-state index contributed by atoms with van der Waals surface area (Å²) in [7, 11) is 0. The van der Waals surface area contributed by atoms with Crippen LogP contribution in [0.4, 0.5) is 0 Å². The van der Waals surface area contributed by atoms with E-state index in [9.17, 15) is 0 Å². The summed E-state index contributed by atoms with van der Waals surface area (Å²) in [6.45, 7) is 0.677. The second-order valence-corrected chi connectivity index (χ2v) is 3.75. The van der Waals surface area contributed by atoms with E-state index in [1.54, 1.807) is 11.7 Å².